The number of likely N-dealkylation sites (tertiary alicyclic amines) is 1. The van der Waals surface area contributed by atoms with E-state index in [1.54, 1.807) is 25.2 Å². The van der Waals surface area contributed by atoms with Crippen LogP contribution in [0.15, 0.2) is 48.5 Å². The first-order valence-corrected chi connectivity index (χ1v) is 10.9. The molecule has 2 aromatic rings. The number of benzene rings is 2. The number of likely N-dealkylation sites (N-methyl/N-ethyl adjacent to an activating group) is 1. The highest BCUT2D eigenvalue weighted by Gasteiger charge is 2.25. The second-order valence-electron chi connectivity index (χ2n) is 8.36. The van der Waals surface area contributed by atoms with Crippen LogP contribution in [-0.2, 0) is 16.0 Å². The molecule has 2 aliphatic heterocycles. The lowest BCUT2D eigenvalue weighted by Crippen LogP contribution is -2.39. The molecule has 0 radical (unpaired) electrons. The molecule has 0 saturated carbocycles. The zero-order chi connectivity index (χ0) is 21.8. The number of Topliss-reactive ketones (excluding diaryl/α,β-unsaturated/α-hetero) is 1. The number of ether oxygens (including phenoxy) is 1. The molecule has 31 heavy (non-hydrogen) atoms. The van der Waals surface area contributed by atoms with Crippen molar-refractivity contribution in [3.63, 3.8) is 0 Å². The van der Waals surface area contributed by atoms with Crippen LogP contribution in [0.25, 0.3) is 0 Å². The van der Waals surface area contributed by atoms with Crippen LogP contribution >= 0.6 is 0 Å². The molecule has 0 atom stereocenters. The fourth-order valence-electron chi connectivity index (χ4n) is 4.30. The topological polar surface area (TPSA) is 66.9 Å². The number of fused-ring (bicyclic) bond motifs is 1. The Morgan fingerprint density at radius 3 is 2.52 bits per heavy atom. The van der Waals surface area contributed by atoms with Gasteiger partial charge in [0.05, 0.1) is 5.69 Å². The first-order valence-electron chi connectivity index (χ1n) is 10.9. The van der Waals surface area contributed by atoms with E-state index >= 15 is 0 Å². The number of hydrogen-bond donors (Lipinski definition) is 0. The van der Waals surface area contributed by atoms with Gasteiger partial charge in [0.1, 0.15) is 5.75 Å². The molecule has 6 heteroatoms. The second kappa shape index (κ2) is 9.33. The van der Waals surface area contributed by atoms with Crippen LogP contribution in [0.1, 0.15) is 41.6 Å². The van der Waals surface area contributed by atoms with Crippen molar-refractivity contribution < 1.29 is 19.1 Å². The third-order valence-corrected chi connectivity index (χ3v) is 6.27. The van der Waals surface area contributed by atoms with Crippen LogP contribution in [0.3, 0.4) is 0 Å². The average molecular weight is 421 g/mol. The van der Waals surface area contributed by atoms with Crippen molar-refractivity contribution in [2.45, 2.75) is 32.1 Å². The largest absolute Gasteiger partial charge is 0.482 e. The monoisotopic (exact) mass is 420 g/mol. The predicted molar refractivity (Wildman–Crippen MR) is 118 cm³/mol. The number of piperidine rings is 1. The number of carbonyl (C=O) groups is 3. The van der Waals surface area contributed by atoms with Gasteiger partial charge in [0.15, 0.2) is 12.4 Å². The smallest absolute Gasteiger partial charge is 0.264 e. The fraction of sp³-hybridized carbons (Fsp3) is 0.400. The lowest BCUT2D eigenvalue weighted by Gasteiger charge is -2.32. The zero-order valence-electron chi connectivity index (χ0n) is 17.9. The summed E-state index contributed by atoms with van der Waals surface area (Å²) in [7, 11) is 1.67. The number of rotatable bonds is 6. The molecule has 2 heterocycles. The molecule has 162 valence electrons. The molecule has 0 N–H and O–H groups in total. The highest BCUT2D eigenvalue weighted by Crippen LogP contribution is 2.32. The summed E-state index contributed by atoms with van der Waals surface area (Å²) in [5.41, 5.74) is 2.44. The zero-order valence-corrected chi connectivity index (χ0v) is 17.9. The van der Waals surface area contributed by atoms with Gasteiger partial charge >= 0.3 is 0 Å². The SMILES string of the molecule is CN1C(=O)COc2ccc(C(=O)CCC(=O)N3CCC(Cc4ccccc4)CC3)cc21. The third-order valence-electron chi connectivity index (χ3n) is 6.27. The van der Waals surface area contributed by atoms with Crippen LogP contribution < -0.4 is 9.64 Å². The standard InChI is InChI=1S/C25H28N2O4/c1-26-21-16-20(7-9-23(21)31-17-25(26)30)22(28)8-10-24(29)27-13-11-19(12-14-27)15-18-5-3-2-4-6-18/h2-7,9,16,19H,8,10-15,17H2,1H3. The van der Waals surface area contributed by atoms with Crippen molar-refractivity contribution in [2.24, 2.45) is 5.92 Å². The Balaban J connectivity index is 1.26. The quantitative estimate of drug-likeness (QED) is 0.671. The summed E-state index contributed by atoms with van der Waals surface area (Å²) in [5, 5.41) is 0. The third kappa shape index (κ3) is 4.95. The average Bonchev–Trinajstić information content (AvgIpc) is 2.80. The highest BCUT2D eigenvalue weighted by atomic mass is 16.5. The Kier molecular flexibility index (Phi) is 6.35. The minimum Gasteiger partial charge on any atom is -0.482 e. The highest BCUT2D eigenvalue weighted by molar-refractivity contribution is 6.02. The van der Waals surface area contributed by atoms with Crippen LogP contribution in [0.5, 0.6) is 5.75 Å². The molecule has 2 amide bonds. The first kappa shape index (κ1) is 21.1. The van der Waals surface area contributed by atoms with Crippen molar-refractivity contribution >= 4 is 23.3 Å². The minimum atomic E-state index is -0.150. The molecule has 0 unspecified atom stereocenters. The fourth-order valence-corrected chi connectivity index (χ4v) is 4.30. The van der Waals surface area contributed by atoms with E-state index in [0.717, 1.165) is 32.4 Å². The van der Waals surface area contributed by atoms with E-state index in [0.29, 0.717) is 22.9 Å². The molecule has 2 aromatic carbocycles. The molecule has 1 saturated heterocycles. The second-order valence-corrected chi connectivity index (χ2v) is 8.36. The first-order chi connectivity index (χ1) is 15.0. The maximum absolute atomic E-state index is 12.6. The number of hydrogen-bond acceptors (Lipinski definition) is 4. The molecule has 2 aliphatic rings. The van der Waals surface area contributed by atoms with Gasteiger partial charge in [0.2, 0.25) is 5.91 Å². The number of anilines is 1. The van der Waals surface area contributed by atoms with Gasteiger partial charge in [-0.2, -0.15) is 0 Å². The maximum atomic E-state index is 12.6. The van der Waals surface area contributed by atoms with Crippen molar-refractivity contribution in [3.05, 3.63) is 59.7 Å². The van der Waals surface area contributed by atoms with Gasteiger partial charge in [-0.3, -0.25) is 14.4 Å². The molecule has 0 aromatic heterocycles. The van der Waals surface area contributed by atoms with Gasteiger partial charge in [-0.1, -0.05) is 30.3 Å². The van der Waals surface area contributed by atoms with Crippen molar-refractivity contribution in [1.82, 2.24) is 4.90 Å². The van der Waals surface area contributed by atoms with Gasteiger partial charge in [0, 0.05) is 38.5 Å². The van der Waals surface area contributed by atoms with Gasteiger partial charge in [-0.05, 0) is 48.9 Å². The summed E-state index contributed by atoms with van der Waals surface area (Å²) in [4.78, 5) is 40.5. The predicted octanol–water partition coefficient (Wildman–Crippen LogP) is 3.49. The van der Waals surface area contributed by atoms with Crippen LogP contribution in [0.2, 0.25) is 0 Å². The lowest BCUT2D eigenvalue weighted by atomic mass is 9.90. The normalized spacial score (nSPS) is 16.6. The summed E-state index contributed by atoms with van der Waals surface area (Å²) >= 11 is 0. The molecular weight excluding hydrogens is 392 g/mol. The van der Waals surface area contributed by atoms with Crippen LogP contribution in [0, 0.1) is 5.92 Å². The van der Waals surface area contributed by atoms with E-state index in [4.69, 9.17) is 4.74 Å². The minimum absolute atomic E-state index is 0.00728. The summed E-state index contributed by atoms with van der Waals surface area (Å²) in [6.45, 7) is 1.52. The molecule has 6 nitrogen and oxygen atoms in total. The molecule has 1 fully saturated rings. The number of carbonyl (C=O) groups excluding carboxylic acids is 3. The summed E-state index contributed by atoms with van der Waals surface area (Å²) in [6, 6.07) is 15.6. The number of nitrogens with zero attached hydrogens (tertiary/aromatic N) is 2. The van der Waals surface area contributed by atoms with E-state index in [9.17, 15) is 14.4 Å². The van der Waals surface area contributed by atoms with E-state index in [2.05, 4.69) is 24.3 Å². The van der Waals surface area contributed by atoms with Crippen LogP contribution in [0.4, 0.5) is 5.69 Å². The van der Waals surface area contributed by atoms with Gasteiger partial charge < -0.3 is 14.5 Å². The summed E-state index contributed by atoms with van der Waals surface area (Å²) < 4.78 is 5.40. The molecule has 0 aliphatic carbocycles. The molecular formula is C25H28N2O4. The Morgan fingerprint density at radius 1 is 1.03 bits per heavy atom. The van der Waals surface area contributed by atoms with Gasteiger partial charge in [-0.15, -0.1) is 0 Å². The molecule has 4 rings (SSSR count). The van der Waals surface area contributed by atoms with E-state index in [-0.39, 0.29) is 37.0 Å². The van der Waals surface area contributed by atoms with E-state index < -0.39 is 0 Å². The Labute approximate surface area is 182 Å². The van der Waals surface area contributed by atoms with E-state index in [1.165, 1.54) is 10.5 Å². The van der Waals surface area contributed by atoms with Crippen molar-refractivity contribution in [1.29, 1.82) is 0 Å². The van der Waals surface area contributed by atoms with Crippen molar-refractivity contribution in [2.75, 3.05) is 31.6 Å². The number of amides is 2. The van der Waals surface area contributed by atoms with Gasteiger partial charge in [0.25, 0.3) is 5.91 Å². The number of ketones is 1. The maximum Gasteiger partial charge on any atom is 0.264 e. The molecule has 0 spiro atoms. The van der Waals surface area contributed by atoms with E-state index in [1.807, 2.05) is 11.0 Å². The van der Waals surface area contributed by atoms with Gasteiger partial charge in [-0.25, -0.2) is 0 Å². The Hall–Kier alpha value is -3.15. The lowest BCUT2D eigenvalue weighted by molar-refractivity contribution is -0.132. The Morgan fingerprint density at radius 2 is 1.77 bits per heavy atom. The van der Waals surface area contributed by atoms with Crippen LogP contribution in [-0.4, -0.2) is 49.2 Å². The summed E-state index contributed by atoms with van der Waals surface area (Å²) in [6.07, 6.45) is 3.44. The Bertz CT molecular complexity index is 965. The van der Waals surface area contributed by atoms with Crippen molar-refractivity contribution in [3.8, 4) is 5.75 Å². The molecule has 0 bridgehead atoms. The summed E-state index contributed by atoms with van der Waals surface area (Å²) in [5.74, 6) is 0.989.